The van der Waals surface area contributed by atoms with Crippen molar-refractivity contribution in [3.63, 3.8) is 0 Å². The summed E-state index contributed by atoms with van der Waals surface area (Å²) in [6.45, 7) is 1.98. The fraction of sp³-hybridized carbons (Fsp3) is 0.167. The minimum atomic E-state index is -0.140. The molecule has 0 aliphatic heterocycles. The molecule has 3 rings (SSSR count). The lowest BCUT2D eigenvalue weighted by Gasteiger charge is -2.13. The summed E-state index contributed by atoms with van der Waals surface area (Å²) < 4.78 is 11.1. The van der Waals surface area contributed by atoms with E-state index in [9.17, 15) is 0 Å². The number of H-pyrrole nitrogens is 1. The third-order valence-electron chi connectivity index (χ3n) is 3.61. The van der Waals surface area contributed by atoms with Gasteiger partial charge in [0.05, 0.1) is 18.5 Å². The van der Waals surface area contributed by atoms with Crippen LogP contribution >= 0.6 is 0 Å². The predicted octanol–water partition coefficient (Wildman–Crippen LogP) is 3.81. The van der Waals surface area contributed by atoms with Crippen molar-refractivity contribution in [2.45, 2.75) is 13.0 Å². The molecule has 5 nitrogen and oxygen atoms in total. The smallest absolute Gasteiger partial charge is 0.137 e. The number of anilines is 1. The molecule has 1 aromatic heterocycles. The van der Waals surface area contributed by atoms with Crippen LogP contribution in [0, 0.1) is 0 Å². The zero-order valence-corrected chi connectivity index (χ0v) is 13.1. The van der Waals surface area contributed by atoms with Gasteiger partial charge in [0.25, 0.3) is 0 Å². The number of nitrogens with one attached hydrogen (secondary N) is 1. The van der Waals surface area contributed by atoms with E-state index in [0.717, 1.165) is 34.1 Å². The van der Waals surface area contributed by atoms with Gasteiger partial charge in [-0.05, 0) is 49.4 Å². The van der Waals surface area contributed by atoms with Gasteiger partial charge in [-0.15, -0.1) is 0 Å². The molecule has 3 N–H and O–H groups in total. The molecule has 0 bridgehead atoms. The first-order chi connectivity index (χ1) is 11.2. The Morgan fingerprint density at radius 1 is 1.00 bits per heavy atom. The zero-order chi connectivity index (χ0) is 16.2. The molecule has 1 heterocycles. The van der Waals surface area contributed by atoms with Crippen LogP contribution in [0.1, 0.15) is 18.7 Å². The number of nitrogens with zero attached hydrogens (tertiary/aromatic N) is 1. The summed E-state index contributed by atoms with van der Waals surface area (Å²) in [5.74, 6) is 1.58. The zero-order valence-electron chi connectivity index (χ0n) is 13.1. The van der Waals surface area contributed by atoms with E-state index < -0.39 is 0 Å². The maximum absolute atomic E-state index is 5.92. The lowest BCUT2D eigenvalue weighted by Crippen LogP contribution is -2.03. The molecule has 0 saturated carbocycles. The van der Waals surface area contributed by atoms with Crippen molar-refractivity contribution in [3.8, 4) is 22.8 Å². The third kappa shape index (κ3) is 3.45. The fourth-order valence-electron chi connectivity index (χ4n) is 2.27. The van der Waals surface area contributed by atoms with Crippen LogP contribution in [0.15, 0.2) is 54.6 Å². The van der Waals surface area contributed by atoms with Crippen molar-refractivity contribution in [1.82, 2.24) is 10.2 Å². The third-order valence-corrected chi connectivity index (χ3v) is 3.61. The van der Waals surface area contributed by atoms with Crippen molar-refractivity contribution in [2.24, 2.45) is 0 Å². The molecule has 23 heavy (non-hydrogen) atoms. The molecule has 0 aliphatic carbocycles. The summed E-state index contributed by atoms with van der Waals surface area (Å²) >= 11 is 0. The van der Waals surface area contributed by atoms with Gasteiger partial charge in [0, 0.05) is 11.3 Å². The van der Waals surface area contributed by atoms with Gasteiger partial charge >= 0.3 is 0 Å². The van der Waals surface area contributed by atoms with Crippen molar-refractivity contribution >= 4 is 5.69 Å². The van der Waals surface area contributed by atoms with E-state index in [2.05, 4.69) is 10.2 Å². The van der Waals surface area contributed by atoms with E-state index >= 15 is 0 Å². The minimum Gasteiger partial charge on any atom is -0.497 e. The van der Waals surface area contributed by atoms with Crippen LogP contribution in [0.2, 0.25) is 0 Å². The molecule has 0 spiro atoms. The van der Waals surface area contributed by atoms with Gasteiger partial charge in [-0.3, -0.25) is 5.10 Å². The molecule has 1 unspecified atom stereocenters. The number of aromatic amines is 1. The summed E-state index contributed by atoms with van der Waals surface area (Å²) in [7, 11) is 1.64. The Morgan fingerprint density at radius 2 is 1.65 bits per heavy atom. The molecular weight excluding hydrogens is 290 g/mol. The molecule has 5 heteroatoms. The van der Waals surface area contributed by atoms with Gasteiger partial charge in [0.15, 0.2) is 0 Å². The number of benzene rings is 2. The Morgan fingerprint density at radius 3 is 2.30 bits per heavy atom. The maximum atomic E-state index is 5.92. The van der Waals surface area contributed by atoms with E-state index in [4.69, 9.17) is 15.2 Å². The Kier molecular flexibility index (Phi) is 4.19. The highest BCUT2D eigenvalue weighted by atomic mass is 16.5. The molecular formula is C18H19N3O2. The number of hydrogen-bond donors (Lipinski definition) is 2. The number of ether oxygens (including phenoxy) is 2. The van der Waals surface area contributed by atoms with E-state index in [1.807, 2.05) is 61.5 Å². The summed E-state index contributed by atoms with van der Waals surface area (Å²) in [5, 5.41) is 7.37. The highest BCUT2D eigenvalue weighted by Crippen LogP contribution is 2.26. The average Bonchev–Trinajstić information content (AvgIpc) is 3.06. The largest absolute Gasteiger partial charge is 0.497 e. The number of hydrogen-bond acceptors (Lipinski definition) is 4. The second-order valence-electron chi connectivity index (χ2n) is 5.27. The van der Waals surface area contributed by atoms with Gasteiger partial charge in [0.1, 0.15) is 17.6 Å². The van der Waals surface area contributed by atoms with Gasteiger partial charge in [-0.2, -0.15) is 5.10 Å². The van der Waals surface area contributed by atoms with Crippen molar-refractivity contribution in [3.05, 3.63) is 60.3 Å². The summed E-state index contributed by atoms with van der Waals surface area (Å²) in [4.78, 5) is 0. The van der Waals surface area contributed by atoms with E-state index in [0.29, 0.717) is 0 Å². The van der Waals surface area contributed by atoms with Gasteiger partial charge in [0.2, 0.25) is 0 Å². The normalized spacial score (nSPS) is 11.9. The van der Waals surface area contributed by atoms with Gasteiger partial charge in [-0.25, -0.2) is 0 Å². The number of methoxy groups -OCH3 is 1. The van der Waals surface area contributed by atoms with Crippen LogP contribution in [0.5, 0.6) is 11.5 Å². The van der Waals surface area contributed by atoms with Crippen LogP contribution < -0.4 is 15.2 Å². The first-order valence-corrected chi connectivity index (χ1v) is 7.37. The van der Waals surface area contributed by atoms with Crippen LogP contribution in [-0.2, 0) is 0 Å². The van der Waals surface area contributed by atoms with Crippen molar-refractivity contribution in [1.29, 1.82) is 0 Å². The number of aromatic nitrogens is 2. The average molecular weight is 309 g/mol. The van der Waals surface area contributed by atoms with Crippen LogP contribution in [-0.4, -0.2) is 17.3 Å². The SMILES string of the molecule is COc1ccc(OC(C)c2cc(-c3ccc(N)cc3)n[nH]2)cc1. The summed E-state index contributed by atoms with van der Waals surface area (Å²) in [6, 6.07) is 17.1. The minimum absolute atomic E-state index is 0.140. The molecule has 0 amide bonds. The molecule has 118 valence electrons. The van der Waals surface area contributed by atoms with E-state index in [1.54, 1.807) is 7.11 Å². The topological polar surface area (TPSA) is 73.2 Å². The van der Waals surface area contributed by atoms with Gasteiger partial charge in [-0.1, -0.05) is 12.1 Å². The van der Waals surface area contributed by atoms with Gasteiger partial charge < -0.3 is 15.2 Å². The number of nitrogens with two attached hydrogens (primary N) is 1. The molecule has 1 atom stereocenters. The molecule has 3 aromatic rings. The molecule has 0 radical (unpaired) electrons. The fourth-order valence-corrected chi connectivity index (χ4v) is 2.27. The van der Waals surface area contributed by atoms with Crippen LogP contribution in [0.25, 0.3) is 11.3 Å². The lowest BCUT2D eigenvalue weighted by molar-refractivity contribution is 0.221. The molecule has 0 aliphatic rings. The predicted molar refractivity (Wildman–Crippen MR) is 90.5 cm³/mol. The lowest BCUT2D eigenvalue weighted by atomic mass is 10.1. The Bertz CT molecular complexity index is 764. The van der Waals surface area contributed by atoms with E-state index in [-0.39, 0.29) is 6.10 Å². The number of nitrogen functional groups attached to an aromatic ring is 1. The summed E-state index contributed by atoms with van der Waals surface area (Å²) in [6.07, 6.45) is -0.140. The summed E-state index contributed by atoms with van der Waals surface area (Å²) in [5.41, 5.74) is 9.23. The standard InChI is InChI=1S/C18H19N3O2/c1-12(23-16-9-7-15(22-2)8-10-16)17-11-18(21-20-17)13-3-5-14(19)6-4-13/h3-12H,19H2,1-2H3,(H,20,21). The monoisotopic (exact) mass is 309 g/mol. The number of rotatable bonds is 5. The van der Waals surface area contributed by atoms with Crippen molar-refractivity contribution in [2.75, 3.05) is 12.8 Å². The maximum Gasteiger partial charge on any atom is 0.137 e. The second-order valence-corrected chi connectivity index (χ2v) is 5.27. The first-order valence-electron chi connectivity index (χ1n) is 7.37. The second kappa shape index (κ2) is 6.44. The van der Waals surface area contributed by atoms with Crippen molar-refractivity contribution < 1.29 is 9.47 Å². The highest BCUT2D eigenvalue weighted by Gasteiger charge is 2.12. The quantitative estimate of drug-likeness (QED) is 0.703. The Hall–Kier alpha value is -2.95. The Balaban J connectivity index is 1.72. The van der Waals surface area contributed by atoms with Crippen LogP contribution in [0.3, 0.4) is 0 Å². The highest BCUT2D eigenvalue weighted by molar-refractivity contribution is 5.62. The first kappa shape index (κ1) is 15.0. The van der Waals surface area contributed by atoms with Crippen LogP contribution in [0.4, 0.5) is 5.69 Å². The molecule has 0 fully saturated rings. The van der Waals surface area contributed by atoms with E-state index in [1.165, 1.54) is 0 Å². The molecule has 0 saturated heterocycles. The Labute approximate surface area is 135 Å². The molecule has 2 aromatic carbocycles.